The van der Waals surface area contributed by atoms with Gasteiger partial charge in [-0.3, -0.25) is 10.1 Å². The molecule has 2 aromatic rings. The van der Waals surface area contributed by atoms with Gasteiger partial charge in [-0.15, -0.1) is 0 Å². The minimum Gasteiger partial charge on any atom is -0.493 e. The van der Waals surface area contributed by atoms with Crippen LogP contribution in [0.15, 0.2) is 47.6 Å². The molecule has 200 valence electrons. The maximum atomic E-state index is 12.8. The van der Waals surface area contributed by atoms with Gasteiger partial charge in [-0.05, 0) is 49.2 Å². The number of ether oxygens (including phenoxy) is 4. The molecule has 0 aliphatic carbocycles. The number of rotatable bonds is 8. The highest BCUT2D eigenvalue weighted by atomic mass is 35.5. The number of hydrazone groups is 1. The molecule has 1 aliphatic rings. The molecule has 0 saturated heterocycles. The number of hydrogen-bond donors (Lipinski definition) is 1. The standard InChI is InChI=1S/C24H29N3O5.C2H3ClO2/c1-5-17-14-22(28)27(15-16-7-10-19(11-8-16)25-24(29)31-4)26-23(17)18-9-12-20(30-3)21(13-18)32-6-2;1-5-2(3)4/h7-13,17H,5-6,14-15H2,1-4H3,(H,25,29);1H3. The van der Waals surface area contributed by atoms with E-state index >= 15 is 0 Å². The highest BCUT2D eigenvalue weighted by molar-refractivity contribution is 6.61. The second-order valence-corrected chi connectivity index (χ2v) is 8.11. The third-order valence-corrected chi connectivity index (χ3v) is 5.61. The van der Waals surface area contributed by atoms with Crippen LogP contribution >= 0.6 is 11.6 Å². The fourth-order valence-corrected chi connectivity index (χ4v) is 3.57. The maximum absolute atomic E-state index is 12.8. The van der Waals surface area contributed by atoms with E-state index in [0.717, 1.165) is 23.3 Å². The van der Waals surface area contributed by atoms with E-state index in [1.54, 1.807) is 19.2 Å². The van der Waals surface area contributed by atoms with Crippen LogP contribution in [0.2, 0.25) is 0 Å². The predicted octanol–water partition coefficient (Wildman–Crippen LogP) is 5.43. The fourth-order valence-electron chi connectivity index (χ4n) is 3.57. The molecule has 2 aromatic carbocycles. The number of nitrogens with zero attached hydrogens (tertiary/aromatic N) is 2. The summed E-state index contributed by atoms with van der Waals surface area (Å²) < 4.78 is 19.6. The Morgan fingerprint density at radius 3 is 2.27 bits per heavy atom. The summed E-state index contributed by atoms with van der Waals surface area (Å²) in [5, 5.41) is 8.85. The van der Waals surface area contributed by atoms with Crippen LogP contribution < -0.4 is 14.8 Å². The minimum atomic E-state index is -0.773. The van der Waals surface area contributed by atoms with Crippen molar-refractivity contribution in [1.29, 1.82) is 0 Å². The van der Waals surface area contributed by atoms with Crippen LogP contribution in [-0.4, -0.2) is 56.1 Å². The molecule has 0 saturated carbocycles. The molecule has 10 nitrogen and oxygen atoms in total. The van der Waals surface area contributed by atoms with Crippen molar-refractivity contribution in [3.8, 4) is 11.5 Å². The van der Waals surface area contributed by atoms with Gasteiger partial charge < -0.3 is 18.9 Å². The summed E-state index contributed by atoms with van der Waals surface area (Å²) in [5.41, 5.74) is 2.51. The Morgan fingerprint density at radius 2 is 1.73 bits per heavy atom. The van der Waals surface area contributed by atoms with Crippen molar-refractivity contribution in [2.24, 2.45) is 11.0 Å². The third-order valence-electron chi connectivity index (χ3n) is 5.45. The Balaban J connectivity index is 0.000000877. The lowest BCUT2D eigenvalue weighted by Crippen LogP contribution is -2.36. The number of hydrogen-bond acceptors (Lipinski definition) is 8. The van der Waals surface area contributed by atoms with E-state index in [1.165, 1.54) is 19.2 Å². The summed E-state index contributed by atoms with van der Waals surface area (Å²) in [6.07, 6.45) is 0.671. The highest BCUT2D eigenvalue weighted by Crippen LogP contribution is 2.32. The average Bonchev–Trinajstić information content (AvgIpc) is 2.91. The molecule has 0 bridgehead atoms. The number of nitrogens with one attached hydrogen (secondary N) is 1. The van der Waals surface area contributed by atoms with Gasteiger partial charge in [-0.25, -0.2) is 14.6 Å². The topological polar surface area (TPSA) is 116 Å². The summed E-state index contributed by atoms with van der Waals surface area (Å²) in [6, 6.07) is 13.0. The molecule has 0 spiro atoms. The van der Waals surface area contributed by atoms with Gasteiger partial charge in [0.25, 0.3) is 0 Å². The van der Waals surface area contributed by atoms with Gasteiger partial charge in [0.15, 0.2) is 11.5 Å². The molecule has 37 heavy (non-hydrogen) atoms. The van der Waals surface area contributed by atoms with Gasteiger partial charge in [0.1, 0.15) is 0 Å². The Labute approximate surface area is 221 Å². The van der Waals surface area contributed by atoms with Crippen LogP contribution in [0.1, 0.15) is 37.8 Å². The Morgan fingerprint density at radius 1 is 1.05 bits per heavy atom. The third kappa shape index (κ3) is 8.68. The average molecular weight is 534 g/mol. The van der Waals surface area contributed by atoms with Crippen molar-refractivity contribution in [2.45, 2.75) is 33.2 Å². The van der Waals surface area contributed by atoms with Crippen molar-refractivity contribution < 1.29 is 33.3 Å². The van der Waals surface area contributed by atoms with Crippen LogP contribution in [-0.2, 0) is 20.8 Å². The lowest BCUT2D eigenvalue weighted by Gasteiger charge is -2.29. The highest BCUT2D eigenvalue weighted by Gasteiger charge is 2.29. The summed E-state index contributed by atoms with van der Waals surface area (Å²) in [6.45, 7) is 4.84. The van der Waals surface area contributed by atoms with Crippen molar-refractivity contribution in [3.05, 3.63) is 53.6 Å². The molecule has 0 aromatic heterocycles. The second-order valence-electron chi connectivity index (χ2n) is 7.80. The zero-order valence-electron chi connectivity index (χ0n) is 21.6. The van der Waals surface area contributed by atoms with E-state index in [4.69, 9.17) is 14.6 Å². The molecule has 0 radical (unpaired) electrons. The van der Waals surface area contributed by atoms with Gasteiger partial charge >= 0.3 is 11.5 Å². The number of halogens is 1. The van der Waals surface area contributed by atoms with Crippen molar-refractivity contribution >= 4 is 40.4 Å². The van der Waals surface area contributed by atoms with Gasteiger partial charge in [0.2, 0.25) is 5.91 Å². The number of methoxy groups -OCH3 is 3. The number of carbonyl (C=O) groups excluding carboxylic acids is 3. The number of anilines is 1. The molecule has 1 unspecified atom stereocenters. The first-order valence-electron chi connectivity index (χ1n) is 11.6. The van der Waals surface area contributed by atoms with Crippen LogP contribution in [0, 0.1) is 5.92 Å². The molecule has 0 fully saturated rings. The monoisotopic (exact) mass is 533 g/mol. The molecular weight excluding hydrogens is 502 g/mol. The minimum absolute atomic E-state index is 0.0177. The Bertz CT molecular complexity index is 1110. The summed E-state index contributed by atoms with van der Waals surface area (Å²) in [5.74, 6) is 1.33. The molecule has 1 aliphatic heterocycles. The number of benzene rings is 2. The largest absolute Gasteiger partial charge is 0.493 e. The smallest absolute Gasteiger partial charge is 0.411 e. The van der Waals surface area contributed by atoms with Gasteiger partial charge in [-0.1, -0.05) is 19.1 Å². The SMILES string of the molecule is CCOc1cc(C2=NN(Cc3ccc(NC(=O)OC)cc3)C(=O)CC2CC)ccc1OC.COC(=O)Cl. The molecular formula is C26H32ClN3O7. The lowest BCUT2D eigenvalue weighted by molar-refractivity contribution is -0.133. The first kappa shape index (κ1) is 29.4. The van der Waals surface area contributed by atoms with E-state index in [2.05, 4.69) is 33.3 Å². The van der Waals surface area contributed by atoms with E-state index in [-0.39, 0.29) is 11.8 Å². The predicted molar refractivity (Wildman–Crippen MR) is 140 cm³/mol. The zero-order chi connectivity index (χ0) is 27.4. The second kappa shape index (κ2) is 14.7. The van der Waals surface area contributed by atoms with E-state index in [0.29, 0.717) is 36.8 Å². The normalized spacial score (nSPS) is 14.5. The van der Waals surface area contributed by atoms with Gasteiger partial charge in [0.05, 0.1) is 40.2 Å². The van der Waals surface area contributed by atoms with Crippen molar-refractivity contribution in [3.63, 3.8) is 0 Å². The van der Waals surface area contributed by atoms with Crippen molar-refractivity contribution in [1.82, 2.24) is 5.01 Å². The molecule has 1 heterocycles. The van der Waals surface area contributed by atoms with Crippen molar-refractivity contribution in [2.75, 3.05) is 33.3 Å². The van der Waals surface area contributed by atoms with Gasteiger partial charge in [-0.2, -0.15) is 5.10 Å². The quantitative estimate of drug-likeness (QED) is 0.450. The number of carbonyl (C=O) groups is 3. The summed E-state index contributed by atoms with van der Waals surface area (Å²) >= 11 is 4.60. The van der Waals surface area contributed by atoms with Crippen LogP contribution in [0.5, 0.6) is 11.5 Å². The van der Waals surface area contributed by atoms with Gasteiger partial charge in [0, 0.05) is 35.2 Å². The molecule has 2 amide bonds. The first-order valence-corrected chi connectivity index (χ1v) is 12.0. The molecule has 1 N–H and O–H groups in total. The maximum Gasteiger partial charge on any atom is 0.411 e. The molecule has 11 heteroatoms. The van der Waals surface area contributed by atoms with Crippen LogP contribution in [0.4, 0.5) is 15.3 Å². The Kier molecular flexibility index (Phi) is 11.7. The van der Waals surface area contributed by atoms with Crippen LogP contribution in [0.3, 0.4) is 0 Å². The van der Waals surface area contributed by atoms with E-state index < -0.39 is 11.5 Å². The molecule has 1 atom stereocenters. The fraction of sp³-hybridized carbons (Fsp3) is 0.385. The molecule has 3 rings (SSSR count). The summed E-state index contributed by atoms with van der Waals surface area (Å²) in [4.78, 5) is 33.5. The van der Waals surface area contributed by atoms with E-state index in [1.807, 2.05) is 37.3 Å². The first-order chi connectivity index (χ1) is 17.8. The van der Waals surface area contributed by atoms with E-state index in [9.17, 15) is 14.4 Å². The van der Waals surface area contributed by atoms with Crippen LogP contribution in [0.25, 0.3) is 0 Å². The Hall–Kier alpha value is -3.79. The zero-order valence-corrected chi connectivity index (χ0v) is 22.3. The number of amides is 2. The lowest BCUT2D eigenvalue weighted by atomic mass is 9.89. The summed E-state index contributed by atoms with van der Waals surface area (Å²) in [7, 11) is 4.14.